The molecule has 1 nitrogen and oxygen atoms in total. The van der Waals surface area contributed by atoms with E-state index < -0.39 is 34.5 Å². The van der Waals surface area contributed by atoms with Crippen LogP contribution in [0.3, 0.4) is 0 Å². The lowest BCUT2D eigenvalue weighted by Crippen LogP contribution is -2.56. The van der Waals surface area contributed by atoms with E-state index in [0.29, 0.717) is 22.6 Å². The minimum absolute atomic E-state index is 0.670. The van der Waals surface area contributed by atoms with E-state index in [1.807, 2.05) is 0 Å². The molecule has 0 aromatic rings. The van der Waals surface area contributed by atoms with E-state index in [1.54, 1.807) is 0 Å². The van der Waals surface area contributed by atoms with E-state index >= 15 is 0 Å². The van der Waals surface area contributed by atoms with Crippen molar-refractivity contribution in [2.45, 2.75) is 18.0 Å². The quantitative estimate of drug-likeness (QED) is 0.295. The maximum absolute atomic E-state index is 12.5. The normalized spacial score (nSPS) is 13.5. The molecule has 11 heteroatoms. The second-order valence-electron chi connectivity index (χ2n) is 2.57. The standard InChI is InChI=1S/C6H2F9IO/c7-2(8)3(9)17-6(14,15)5(12,13)4(10,11)1-16/h1H2. The van der Waals surface area contributed by atoms with Crippen molar-refractivity contribution in [2.75, 3.05) is 4.43 Å². The zero-order valence-corrected chi connectivity index (χ0v) is 9.55. The fraction of sp³-hybridized carbons (Fsp3) is 0.667. The van der Waals surface area contributed by atoms with E-state index in [-0.39, 0.29) is 0 Å². The van der Waals surface area contributed by atoms with Crippen LogP contribution in [-0.4, -0.2) is 22.4 Å². The number of halogens is 10. The molecule has 0 saturated carbocycles. The molecule has 0 N–H and O–H groups in total. The van der Waals surface area contributed by atoms with Crippen molar-refractivity contribution in [3.63, 3.8) is 0 Å². The lowest BCUT2D eigenvalue weighted by molar-refractivity contribution is -0.387. The highest BCUT2D eigenvalue weighted by molar-refractivity contribution is 14.1. The van der Waals surface area contributed by atoms with E-state index in [1.165, 1.54) is 0 Å². The molecule has 0 rings (SSSR count). The number of rotatable bonds is 5. The first-order chi connectivity index (χ1) is 7.39. The van der Waals surface area contributed by atoms with Crippen LogP contribution in [-0.2, 0) is 4.74 Å². The molecule has 0 atom stereocenters. The van der Waals surface area contributed by atoms with Crippen LogP contribution in [0.15, 0.2) is 12.1 Å². The van der Waals surface area contributed by atoms with Gasteiger partial charge in [-0.15, -0.1) is 0 Å². The topological polar surface area (TPSA) is 9.23 Å². The van der Waals surface area contributed by atoms with Gasteiger partial charge in [0.2, 0.25) is 0 Å². The summed E-state index contributed by atoms with van der Waals surface area (Å²) < 4.78 is 110. The minimum Gasteiger partial charge on any atom is -0.397 e. The summed E-state index contributed by atoms with van der Waals surface area (Å²) in [6.45, 7) is 0. The summed E-state index contributed by atoms with van der Waals surface area (Å²) in [6, 6.07) is -3.35. The van der Waals surface area contributed by atoms with Crippen LogP contribution in [0.4, 0.5) is 39.5 Å². The Morgan fingerprint density at radius 1 is 0.941 bits per heavy atom. The van der Waals surface area contributed by atoms with Gasteiger partial charge in [-0.1, -0.05) is 22.6 Å². The smallest absolute Gasteiger partial charge is 0.397 e. The van der Waals surface area contributed by atoms with Gasteiger partial charge in [0.05, 0.1) is 4.43 Å². The first-order valence-corrected chi connectivity index (χ1v) is 5.01. The molecule has 0 saturated heterocycles. The Hall–Kier alpha value is -0.360. The van der Waals surface area contributed by atoms with Gasteiger partial charge in [0, 0.05) is 0 Å². The Labute approximate surface area is 102 Å². The second-order valence-corrected chi connectivity index (χ2v) is 3.33. The van der Waals surface area contributed by atoms with Crippen molar-refractivity contribution in [1.82, 2.24) is 0 Å². The Morgan fingerprint density at radius 2 is 1.35 bits per heavy atom. The molecule has 0 spiro atoms. The molecule has 0 aliphatic carbocycles. The fourth-order valence-corrected chi connectivity index (χ4v) is 0.991. The Morgan fingerprint density at radius 3 is 1.65 bits per heavy atom. The summed E-state index contributed by atoms with van der Waals surface area (Å²) in [5.41, 5.74) is 0. The van der Waals surface area contributed by atoms with E-state index in [4.69, 9.17) is 0 Å². The van der Waals surface area contributed by atoms with Gasteiger partial charge in [0.15, 0.2) is 0 Å². The van der Waals surface area contributed by atoms with Gasteiger partial charge in [0.25, 0.3) is 0 Å². The SMILES string of the molecule is FC(F)=C(F)OC(F)(F)C(F)(F)C(F)(F)CI. The lowest BCUT2D eigenvalue weighted by Gasteiger charge is -2.30. The molecule has 0 aromatic carbocycles. The molecular weight excluding hydrogens is 386 g/mol. The maximum Gasteiger partial charge on any atom is 0.472 e. The average Bonchev–Trinajstić information content (AvgIpc) is 2.16. The van der Waals surface area contributed by atoms with Gasteiger partial charge < -0.3 is 4.74 Å². The van der Waals surface area contributed by atoms with Crippen molar-refractivity contribution in [2.24, 2.45) is 0 Å². The van der Waals surface area contributed by atoms with Crippen LogP contribution in [0.2, 0.25) is 0 Å². The highest BCUT2D eigenvalue weighted by atomic mass is 127. The van der Waals surface area contributed by atoms with E-state index in [9.17, 15) is 39.5 Å². The van der Waals surface area contributed by atoms with Gasteiger partial charge in [-0.3, -0.25) is 0 Å². The van der Waals surface area contributed by atoms with Crippen molar-refractivity contribution in [3.05, 3.63) is 12.1 Å². The molecule has 0 heterocycles. The van der Waals surface area contributed by atoms with Crippen molar-refractivity contribution in [1.29, 1.82) is 0 Å². The van der Waals surface area contributed by atoms with E-state index in [2.05, 4.69) is 4.74 Å². The summed E-state index contributed by atoms with van der Waals surface area (Å²) >= 11 is 0.670. The van der Waals surface area contributed by atoms with Gasteiger partial charge in [-0.05, 0) is 0 Å². The first kappa shape index (κ1) is 16.6. The minimum atomic E-state index is -6.14. The molecule has 0 radical (unpaired) electrons. The highest BCUT2D eigenvalue weighted by Crippen LogP contribution is 2.48. The van der Waals surface area contributed by atoms with Crippen molar-refractivity contribution in [3.8, 4) is 0 Å². The molecule has 0 fully saturated rings. The third kappa shape index (κ3) is 3.31. The molecule has 17 heavy (non-hydrogen) atoms. The molecule has 0 unspecified atom stereocenters. The molecular formula is C6H2F9IO. The predicted molar refractivity (Wildman–Crippen MR) is 45.2 cm³/mol. The average molecular weight is 388 g/mol. The lowest BCUT2D eigenvalue weighted by atomic mass is 10.2. The van der Waals surface area contributed by atoms with Crippen LogP contribution >= 0.6 is 22.6 Å². The summed E-state index contributed by atoms with van der Waals surface area (Å²) in [7, 11) is 0. The monoisotopic (exact) mass is 388 g/mol. The van der Waals surface area contributed by atoms with E-state index in [0.717, 1.165) is 0 Å². The zero-order valence-electron chi connectivity index (χ0n) is 7.39. The van der Waals surface area contributed by atoms with Crippen molar-refractivity contribution < 1.29 is 44.3 Å². The Bertz CT molecular complexity index is 309. The molecule has 0 aliphatic rings. The third-order valence-electron chi connectivity index (χ3n) is 1.36. The molecule has 0 amide bonds. The number of hydrogen-bond donors (Lipinski definition) is 0. The summed E-state index contributed by atoms with van der Waals surface area (Å²) in [6.07, 6.45) is -9.59. The third-order valence-corrected chi connectivity index (χ3v) is 2.32. The summed E-state index contributed by atoms with van der Waals surface area (Å²) in [5, 5.41) is 0. The van der Waals surface area contributed by atoms with Crippen LogP contribution in [0.5, 0.6) is 0 Å². The predicted octanol–water partition coefficient (Wildman–Crippen LogP) is 4.34. The molecule has 0 bridgehead atoms. The largest absolute Gasteiger partial charge is 0.472 e. The zero-order chi connectivity index (χ0) is 14.1. The van der Waals surface area contributed by atoms with Crippen LogP contribution in [0, 0.1) is 0 Å². The Kier molecular flexibility index (Phi) is 4.99. The van der Waals surface area contributed by atoms with Crippen LogP contribution in [0.1, 0.15) is 0 Å². The van der Waals surface area contributed by atoms with Crippen LogP contribution < -0.4 is 0 Å². The molecule has 0 aromatic heterocycles. The summed E-state index contributed by atoms with van der Waals surface area (Å²) in [5.74, 6) is -11.4. The highest BCUT2D eigenvalue weighted by Gasteiger charge is 2.74. The van der Waals surface area contributed by atoms with Crippen molar-refractivity contribution >= 4 is 22.6 Å². The van der Waals surface area contributed by atoms with Gasteiger partial charge in [-0.2, -0.15) is 39.5 Å². The number of ether oxygens (including phenoxy) is 1. The summed E-state index contributed by atoms with van der Waals surface area (Å²) in [4.78, 5) is 0. The van der Waals surface area contributed by atoms with Gasteiger partial charge in [-0.25, -0.2) is 0 Å². The fourth-order valence-electron chi connectivity index (χ4n) is 0.512. The van der Waals surface area contributed by atoms with Crippen LogP contribution in [0.25, 0.3) is 0 Å². The molecule has 102 valence electrons. The van der Waals surface area contributed by atoms with Gasteiger partial charge in [0.1, 0.15) is 0 Å². The number of hydrogen-bond acceptors (Lipinski definition) is 1. The Balaban J connectivity index is 5.25. The second kappa shape index (κ2) is 5.10. The number of alkyl halides is 7. The first-order valence-electron chi connectivity index (χ1n) is 3.48. The van der Waals surface area contributed by atoms with Gasteiger partial charge >= 0.3 is 30.0 Å². The molecule has 0 aliphatic heterocycles. The maximum atomic E-state index is 12.5.